The second kappa shape index (κ2) is 4.52. The van der Waals surface area contributed by atoms with Gasteiger partial charge in [-0.15, -0.1) is 0 Å². The van der Waals surface area contributed by atoms with Crippen molar-refractivity contribution in [1.29, 1.82) is 0 Å². The Bertz CT molecular complexity index is 532. The number of hydrogen-bond acceptors (Lipinski definition) is 3. The Kier molecular flexibility index (Phi) is 3.05. The fraction of sp³-hybridized carbons (Fsp3) is 0.0909. The van der Waals surface area contributed by atoms with Gasteiger partial charge in [0.2, 0.25) is 0 Å². The van der Waals surface area contributed by atoms with Gasteiger partial charge in [0.05, 0.1) is 6.20 Å². The highest BCUT2D eigenvalue weighted by atomic mass is 19.4. The molecule has 0 saturated carbocycles. The molecule has 7 heteroatoms. The van der Waals surface area contributed by atoms with Gasteiger partial charge in [-0.1, -0.05) is 0 Å². The summed E-state index contributed by atoms with van der Waals surface area (Å²) in [6, 6.07) is 5.74. The maximum absolute atomic E-state index is 12.0. The zero-order valence-corrected chi connectivity index (χ0v) is 8.86. The topological polar surface area (TPSA) is 55.1 Å². The second-order valence-electron chi connectivity index (χ2n) is 3.39. The lowest BCUT2D eigenvalue weighted by Crippen LogP contribution is -2.29. The number of amides is 1. The van der Waals surface area contributed by atoms with Gasteiger partial charge in [-0.3, -0.25) is 4.79 Å². The first-order valence-corrected chi connectivity index (χ1v) is 4.84. The van der Waals surface area contributed by atoms with Gasteiger partial charge in [-0.05, 0) is 24.3 Å². The number of rotatable bonds is 2. The van der Waals surface area contributed by atoms with Gasteiger partial charge in [-0.2, -0.15) is 13.2 Å². The summed E-state index contributed by atoms with van der Waals surface area (Å²) in [4.78, 5) is 14.4. The van der Waals surface area contributed by atoms with Crippen molar-refractivity contribution in [3.8, 4) is 11.3 Å². The highest BCUT2D eigenvalue weighted by Gasteiger charge is 2.38. The fourth-order valence-electron chi connectivity index (χ4n) is 1.28. The average Bonchev–Trinajstić information content (AvgIpc) is 2.82. The summed E-state index contributed by atoms with van der Waals surface area (Å²) >= 11 is 0. The second-order valence-corrected chi connectivity index (χ2v) is 3.39. The van der Waals surface area contributed by atoms with Gasteiger partial charge in [0, 0.05) is 11.3 Å². The van der Waals surface area contributed by atoms with Crippen molar-refractivity contribution in [2.24, 2.45) is 0 Å². The number of carbonyl (C=O) groups excluding carboxylic acids is 1. The van der Waals surface area contributed by atoms with E-state index in [0.717, 1.165) is 0 Å². The minimum absolute atomic E-state index is 0.0561. The van der Waals surface area contributed by atoms with Crippen molar-refractivity contribution in [3.05, 3.63) is 36.9 Å². The lowest BCUT2D eigenvalue weighted by atomic mass is 10.2. The van der Waals surface area contributed by atoms with Gasteiger partial charge in [0.15, 0.2) is 12.2 Å². The lowest BCUT2D eigenvalue weighted by molar-refractivity contribution is -0.167. The number of halogens is 3. The highest BCUT2D eigenvalue weighted by Crippen LogP contribution is 2.22. The molecule has 0 bridgehead atoms. The molecule has 1 N–H and O–H groups in total. The van der Waals surface area contributed by atoms with Crippen LogP contribution in [0.3, 0.4) is 0 Å². The molecular weight excluding hydrogens is 249 g/mol. The number of hydrogen-bond donors (Lipinski definition) is 1. The van der Waals surface area contributed by atoms with Crippen LogP contribution in [0.5, 0.6) is 0 Å². The fourth-order valence-corrected chi connectivity index (χ4v) is 1.28. The zero-order chi connectivity index (χ0) is 13.2. The monoisotopic (exact) mass is 256 g/mol. The predicted octanol–water partition coefficient (Wildman–Crippen LogP) is 2.84. The summed E-state index contributed by atoms with van der Waals surface area (Å²) in [5, 5.41) is 1.74. The summed E-state index contributed by atoms with van der Waals surface area (Å²) in [7, 11) is 0. The summed E-state index contributed by atoms with van der Waals surface area (Å²) in [6.07, 6.45) is -2.18. The van der Waals surface area contributed by atoms with Gasteiger partial charge in [0.25, 0.3) is 0 Å². The van der Waals surface area contributed by atoms with Crippen LogP contribution >= 0.6 is 0 Å². The minimum Gasteiger partial charge on any atom is -0.444 e. The third kappa shape index (κ3) is 2.68. The first-order chi connectivity index (χ1) is 8.47. The van der Waals surface area contributed by atoms with Crippen molar-refractivity contribution < 1.29 is 22.4 Å². The van der Waals surface area contributed by atoms with Gasteiger partial charge in [0.1, 0.15) is 0 Å². The number of carbonyl (C=O) groups is 1. The quantitative estimate of drug-likeness (QED) is 0.898. The maximum atomic E-state index is 12.0. The first-order valence-electron chi connectivity index (χ1n) is 4.84. The van der Waals surface area contributed by atoms with Crippen molar-refractivity contribution in [2.45, 2.75) is 6.18 Å². The van der Waals surface area contributed by atoms with Crippen molar-refractivity contribution >= 4 is 11.6 Å². The standard InChI is InChI=1S/C11H7F3N2O2/c12-11(13,14)10(17)16-8-3-1-7(2-4-8)9-5-15-6-18-9/h1-6H,(H,16,17). The molecule has 0 aliphatic rings. The van der Waals surface area contributed by atoms with Crippen molar-refractivity contribution in [2.75, 3.05) is 5.32 Å². The molecule has 1 heterocycles. The van der Waals surface area contributed by atoms with Crippen LogP contribution < -0.4 is 5.32 Å². The van der Waals surface area contributed by atoms with Crippen LogP contribution in [0.15, 0.2) is 41.3 Å². The summed E-state index contributed by atoms with van der Waals surface area (Å²) in [5.41, 5.74) is 0.707. The summed E-state index contributed by atoms with van der Waals surface area (Å²) < 4.78 is 41.0. The molecule has 0 saturated heterocycles. The molecule has 0 radical (unpaired) electrons. The molecule has 94 valence electrons. The maximum Gasteiger partial charge on any atom is 0.471 e. The number of nitrogens with zero attached hydrogens (tertiary/aromatic N) is 1. The van der Waals surface area contributed by atoms with Gasteiger partial charge < -0.3 is 9.73 Å². The lowest BCUT2D eigenvalue weighted by Gasteiger charge is -2.07. The molecule has 2 rings (SSSR count). The third-order valence-electron chi connectivity index (χ3n) is 2.12. The Labute approximate surface area is 99.4 Å². The molecule has 0 aliphatic carbocycles. The molecule has 0 fully saturated rings. The number of oxazole rings is 1. The molecule has 1 aromatic heterocycles. The molecule has 1 amide bonds. The molecule has 2 aromatic rings. The predicted molar refractivity (Wildman–Crippen MR) is 56.6 cm³/mol. The molecule has 0 aliphatic heterocycles. The minimum atomic E-state index is -4.90. The number of alkyl halides is 3. The molecular formula is C11H7F3N2O2. The largest absolute Gasteiger partial charge is 0.471 e. The smallest absolute Gasteiger partial charge is 0.444 e. The summed E-state index contributed by atoms with van der Waals surface area (Å²) in [5.74, 6) is -1.52. The van der Waals surface area contributed by atoms with Crippen molar-refractivity contribution in [1.82, 2.24) is 4.98 Å². The SMILES string of the molecule is O=C(Nc1ccc(-c2cnco2)cc1)C(F)(F)F. The number of nitrogens with one attached hydrogen (secondary N) is 1. The van der Waals surface area contributed by atoms with Crippen LogP contribution in [-0.2, 0) is 4.79 Å². The van der Waals surface area contributed by atoms with Gasteiger partial charge >= 0.3 is 12.1 Å². The molecule has 18 heavy (non-hydrogen) atoms. The Morgan fingerprint density at radius 2 is 1.89 bits per heavy atom. The van der Waals surface area contributed by atoms with Crippen LogP contribution in [0.4, 0.5) is 18.9 Å². The van der Waals surface area contributed by atoms with E-state index in [4.69, 9.17) is 4.42 Å². The van der Waals surface area contributed by atoms with E-state index in [1.165, 1.54) is 36.9 Å². The van der Waals surface area contributed by atoms with Crippen LogP contribution in [-0.4, -0.2) is 17.1 Å². The Balaban J connectivity index is 2.12. The third-order valence-corrected chi connectivity index (χ3v) is 2.12. The van der Waals surface area contributed by atoms with E-state index in [1.807, 2.05) is 0 Å². The van der Waals surface area contributed by atoms with Crippen molar-refractivity contribution in [3.63, 3.8) is 0 Å². The Morgan fingerprint density at radius 3 is 2.39 bits per heavy atom. The Morgan fingerprint density at radius 1 is 1.22 bits per heavy atom. The molecule has 0 unspecified atom stereocenters. The van der Waals surface area contributed by atoms with E-state index in [0.29, 0.717) is 11.3 Å². The van der Waals surface area contributed by atoms with Crippen LogP contribution in [0.1, 0.15) is 0 Å². The van der Waals surface area contributed by atoms with E-state index < -0.39 is 12.1 Å². The van der Waals surface area contributed by atoms with E-state index in [1.54, 1.807) is 5.32 Å². The van der Waals surface area contributed by atoms with E-state index in [-0.39, 0.29) is 5.69 Å². The van der Waals surface area contributed by atoms with Crippen LogP contribution in [0.25, 0.3) is 11.3 Å². The molecule has 4 nitrogen and oxygen atoms in total. The molecule has 0 atom stereocenters. The van der Waals surface area contributed by atoms with E-state index in [9.17, 15) is 18.0 Å². The Hall–Kier alpha value is -2.31. The number of aromatic nitrogens is 1. The van der Waals surface area contributed by atoms with Gasteiger partial charge in [-0.25, -0.2) is 4.98 Å². The first kappa shape index (κ1) is 12.2. The number of benzene rings is 1. The molecule has 1 aromatic carbocycles. The zero-order valence-electron chi connectivity index (χ0n) is 8.86. The van der Waals surface area contributed by atoms with E-state index >= 15 is 0 Å². The molecule has 0 spiro atoms. The van der Waals surface area contributed by atoms with Crippen LogP contribution in [0.2, 0.25) is 0 Å². The van der Waals surface area contributed by atoms with E-state index in [2.05, 4.69) is 4.98 Å². The average molecular weight is 256 g/mol. The summed E-state index contributed by atoms with van der Waals surface area (Å²) in [6.45, 7) is 0. The normalized spacial score (nSPS) is 11.3. The number of anilines is 1. The highest BCUT2D eigenvalue weighted by molar-refractivity contribution is 5.95. The van der Waals surface area contributed by atoms with Crippen LogP contribution in [0, 0.1) is 0 Å².